The second kappa shape index (κ2) is 7.10. The molecule has 3 rings (SSSR count). The van der Waals surface area contributed by atoms with Gasteiger partial charge in [-0.2, -0.15) is 0 Å². The summed E-state index contributed by atoms with van der Waals surface area (Å²) in [5.41, 5.74) is 1.92. The number of thiazole rings is 1. The predicted molar refractivity (Wildman–Crippen MR) is 88.8 cm³/mol. The van der Waals surface area contributed by atoms with Crippen LogP contribution in [-0.2, 0) is 9.53 Å². The van der Waals surface area contributed by atoms with Crippen LogP contribution in [-0.4, -0.2) is 42.2 Å². The van der Waals surface area contributed by atoms with Crippen LogP contribution in [0.3, 0.4) is 0 Å². The lowest BCUT2D eigenvalue weighted by Crippen LogP contribution is -2.45. The van der Waals surface area contributed by atoms with Gasteiger partial charge < -0.3 is 14.4 Å². The van der Waals surface area contributed by atoms with Crippen molar-refractivity contribution in [1.82, 2.24) is 9.88 Å². The number of ether oxygens (including phenoxy) is 2. The molecule has 2 heterocycles. The lowest BCUT2D eigenvalue weighted by atomic mass is 10.1. The topological polar surface area (TPSA) is 51.7 Å². The highest BCUT2D eigenvalue weighted by atomic mass is 32.1. The van der Waals surface area contributed by atoms with Gasteiger partial charge in [0.1, 0.15) is 5.75 Å². The highest BCUT2D eigenvalue weighted by Gasteiger charge is 2.30. The molecule has 0 saturated carbocycles. The van der Waals surface area contributed by atoms with Crippen molar-refractivity contribution in [1.29, 1.82) is 0 Å². The van der Waals surface area contributed by atoms with Gasteiger partial charge in [-0.15, -0.1) is 11.3 Å². The van der Waals surface area contributed by atoms with E-state index in [9.17, 15) is 4.79 Å². The Bertz CT molecular complexity index is 686. The highest BCUT2D eigenvalue weighted by molar-refractivity contribution is 7.09. The van der Waals surface area contributed by atoms with Crippen molar-refractivity contribution in [2.45, 2.75) is 19.9 Å². The Morgan fingerprint density at radius 2 is 2.26 bits per heavy atom. The number of hydrogen-bond acceptors (Lipinski definition) is 5. The second-order valence-corrected chi connectivity index (χ2v) is 6.59. The Morgan fingerprint density at radius 3 is 3.00 bits per heavy atom. The summed E-state index contributed by atoms with van der Waals surface area (Å²) < 4.78 is 11.2. The number of benzene rings is 1. The number of morpholine rings is 1. The minimum absolute atomic E-state index is 0.0322. The third-order valence-corrected chi connectivity index (χ3v) is 4.66. The predicted octanol–water partition coefficient (Wildman–Crippen LogP) is 2.74. The van der Waals surface area contributed by atoms with Gasteiger partial charge in [-0.1, -0.05) is 18.2 Å². The molecule has 6 heteroatoms. The van der Waals surface area contributed by atoms with Gasteiger partial charge in [-0.25, -0.2) is 4.98 Å². The fourth-order valence-electron chi connectivity index (χ4n) is 2.62. The normalized spacial score (nSPS) is 18.0. The molecule has 5 nitrogen and oxygen atoms in total. The Morgan fingerprint density at radius 1 is 1.43 bits per heavy atom. The highest BCUT2D eigenvalue weighted by Crippen LogP contribution is 2.26. The van der Waals surface area contributed by atoms with Crippen LogP contribution < -0.4 is 4.74 Å². The van der Waals surface area contributed by atoms with Crippen LogP contribution in [0.4, 0.5) is 0 Å². The van der Waals surface area contributed by atoms with Crippen LogP contribution in [0.1, 0.15) is 22.3 Å². The Balaban J connectivity index is 1.68. The zero-order valence-electron chi connectivity index (χ0n) is 13.3. The van der Waals surface area contributed by atoms with Crippen molar-refractivity contribution >= 4 is 17.2 Å². The van der Waals surface area contributed by atoms with Crippen molar-refractivity contribution in [2.75, 3.05) is 26.4 Å². The third-order valence-electron chi connectivity index (χ3n) is 3.87. The number of amides is 1. The number of nitrogens with zero attached hydrogens (tertiary/aromatic N) is 2. The number of rotatable bonds is 4. The zero-order chi connectivity index (χ0) is 16.2. The van der Waals surface area contributed by atoms with Crippen molar-refractivity contribution in [2.24, 2.45) is 0 Å². The largest absolute Gasteiger partial charge is 0.484 e. The molecule has 1 atom stereocenters. The molecule has 0 aliphatic carbocycles. The minimum atomic E-state index is -0.123. The Labute approximate surface area is 139 Å². The average molecular weight is 332 g/mol. The molecule has 1 aromatic heterocycles. The maximum atomic E-state index is 12.6. The summed E-state index contributed by atoms with van der Waals surface area (Å²) >= 11 is 1.59. The summed E-state index contributed by atoms with van der Waals surface area (Å²) in [6.07, 6.45) is 0. The van der Waals surface area contributed by atoms with Gasteiger partial charge >= 0.3 is 0 Å². The summed E-state index contributed by atoms with van der Waals surface area (Å²) in [6.45, 7) is 5.57. The fourth-order valence-corrected chi connectivity index (χ4v) is 3.28. The quantitative estimate of drug-likeness (QED) is 0.864. The monoisotopic (exact) mass is 332 g/mol. The molecule has 0 bridgehead atoms. The fraction of sp³-hybridized carbons (Fsp3) is 0.412. The molecule has 2 aromatic rings. The van der Waals surface area contributed by atoms with Gasteiger partial charge in [0, 0.05) is 11.9 Å². The zero-order valence-corrected chi connectivity index (χ0v) is 14.1. The molecule has 1 amide bonds. The van der Waals surface area contributed by atoms with Gasteiger partial charge in [0.05, 0.1) is 30.0 Å². The summed E-state index contributed by atoms with van der Waals surface area (Å²) in [5, 5.41) is 2.99. The van der Waals surface area contributed by atoms with Crippen LogP contribution in [0, 0.1) is 13.8 Å². The number of carbonyl (C=O) groups excluding carboxylic acids is 1. The maximum Gasteiger partial charge on any atom is 0.261 e. The number of aromatic nitrogens is 1. The third kappa shape index (κ3) is 3.71. The van der Waals surface area contributed by atoms with Crippen LogP contribution >= 0.6 is 11.3 Å². The molecule has 23 heavy (non-hydrogen) atoms. The van der Waals surface area contributed by atoms with E-state index in [0.717, 1.165) is 22.0 Å². The molecule has 1 aliphatic rings. The van der Waals surface area contributed by atoms with Crippen LogP contribution in [0.2, 0.25) is 0 Å². The first-order valence-electron chi connectivity index (χ1n) is 7.63. The van der Waals surface area contributed by atoms with Crippen molar-refractivity contribution in [3.05, 3.63) is 45.9 Å². The van der Waals surface area contributed by atoms with E-state index in [0.29, 0.717) is 19.8 Å². The smallest absolute Gasteiger partial charge is 0.261 e. The first kappa shape index (κ1) is 16.0. The molecule has 0 spiro atoms. The van der Waals surface area contributed by atoms with E-state index in [1.165, 1.54) is 0 Å². The van der Waals surface area contributed by atoms with E-state index in [2.05, 4.69) is 4.98 Å². The molecular weight excluding hydrogens is 312 g/mol. The molecule has 0 N–H and O–H groups in total. The van der Waals surface area contributed by atoms with E-state index in [1.54, 1.807) is 11.3 Å². The van der Waals surface area contributed by atoms with Gasteiger partial charge in [-0.3, -0.25) is 4.79 Å². The molecule has 1 saturated heterocycles. The van der Waals surface area contributed by atoms with Crippen LogP contribution in [0.25, 0.3) is 0 Å². The molecule has 0 radical (unpaired) electrons. The van der Waals surface area contributed by atoms with E-state index < -0.39 is 0 Å². The van der Waals surface area contributed by atoms with E-state index in [-0.39, 0.29) is 18.6 Å². The van der Waals surface area contributed by atoms with E-state index in [4.69, 9.17) is 9.47 Å². The Hall–Kier alpha value is -1.92. The molecule has 0 unspecified atom stereocenters. The van der Waals surface area contributed by atoms with E-state index >= 15 is 0 Å². The number of para-hydroxylation sites is 1. The summed E-state index contributed by atoms with van der Waals surface area (Å²) in [7, 11) is 0. The molecule has 1 fully saturated rings. The number of hydrogen-bond donors (Lipinski definition) is 0. The molecule has 1 aromatic carbocycles. The Kier molecular flexibility index (Phi) is 4.93. The maximum absolute atomic E-state index is 12.6. The van der Waals surface area contributed by atoms with E-state index in [1.807, 2.05) is 48.4 Å². The summed E-state index contributed by atoms with van der Waals surface area (Å²) in [6, 6.07) is 7.58. The van der Waals surface area contributed by atoms with Crippen molar-refractivity contribution < 1.29 is 14.3 Å². The van der Waals surface area contributed by atoms with Gasteiger partial charge in [0.2, 0.25) is 0 Å². The average Bonchev–Trinajstić information content (AvgIpc) is 3.00. The van der Waals surface area contributed by atoms with Gasteiger partial charge in [0.25, 0.3) is 5.91 Å². The lowest BCUT2D eigenvalue weighted by molar-refractivity contribution is -0.142. The SMILES string of the molecule is Cc1nc([C@H]2COCCN2C(=O)COc2ccccc2C)cs1. The van der Waals surface area contributed by atoms with Crippen LogP contribution in [0.5, 0.6) is 5.75 Å². The molecular formula is C17H20N2O3S. The lowest BCUT2D eigenvalue weighted by Gasteiger charge is -2.34. The van der Waals surface area contributed by atoms with Crippen molar-refractivity contribution in [3.63, 3.8) is 0 Å². The number of carbonyl (C=O) groups is 1. The summed E-state index contributed by atoms with van der Waals surface area (Å²) in [5.74, 6) is 0.711. The number of aryl methyl sites for hydroxylation is 2. The standard InChI is InChI=1S/C17H20N2O3S/c1-12-5-3-4-6-16(12)22-10-17(20)19-7-8-21-9-15(19)14-11-23-13(2)18-14/h3-6,11,15H,7-10H2,1-2H3/t15-/m1/s1. The molecule has 1 aliphatic heterocycles. The van der Waals surface area contributed by atoms with Gasteiger partial charge in [-0.05, 0) is 25.5 Å². The summed E-state index contributed by atoms with van der Waals surface area (Å²) in [4.78, 5) is 18.9. The first-order valence-corrected chi connectivity index (χ1v) is 8.51. The minimum Gasteiger partial charge on any atom is -0.484 e. The van der Waals surface area contributed by atoms with Crippen molar-refractivity contribution in [3.8, 4) is 5.75 Å². The van der Waals surface area contributed by atoms with Crippen LogP contribution in [0.15, 0.2) is 29.6 Å². The second-order valence-electron chi connectivity index (χ2n) is 5.52. The molecule has 122 valence electrons. The van der Waals surface area contributed by atoms with Gasteiger partial charge in [0.15, 0.2) is 6.61 Å². The first-order chi connectivity index (χ1) is 11.1.